The van der Waals surface area contributed by atoms with Crippen molar-refractivity contribution in [1.82, 2.24) is 5.32 Å². The summed E-state index contributed by atoms with van der Waals surface area (Å²) >= 11 is 0. The maximum Gasteiger partial charge on any atom is 0.113 e. The van der Waals surface area contributed by atoms with Crippen LogP contribution in [0.25, 0.3) is 0 Å². The number of ether oxygens (including phenoxy) is 1. The highest BCUT2D eigenvalue weighted by atomic mass is 16.5. The number of rotatable bonds is 4. The van der Waals surface area contributed by atoms with E-state index in [0.29, 0.717) is 0 Å². The molecule has 110 valence electrons. The van der Waals surface area contributed by atoms with Gasteiger partial charge in [-0.1, -0.05) is 52.0 Å². The van der Waals surface area contributed by atoms with Gasteiger partial charge in [0, 0.05) is 0 Å². The third-order valence-electron chi connectivity index (χ3n) is 3.77. The van der Waals surface area contributed by atoms with E-state index in [0.717, 1.165) is 31.8 Å². The fourth-order valence-electron chi connectivity index (χ4n) is 2.54. The average Bonchev–Trinajstić information content (AvgIpc) is 2.45. The quantitative estimate of drug-likeness (QED) is 0.881. The van der Waals surface area contributed by atoms with Crippen LogP contribution >= 0.6 is 0 Å². The van der Waals surface area contributed by atoms with Crippen molar-refractivity contribution in [2.24, 2.45) is 0 Å². The molecule has 0 aromatic heterocycles. The van der Waals surface area contributed by atoms with Crippen molar-refractivity contribution in [3.05, 3.63) is 47.2 Å². The summed E-state index contributed by atoms with van der Waals surface area (Å²) in [5.41, 5.74) is 2.86. The van der Waals surface area contributed by atoms with Gasteiger partial charge in [-0.05, 0) is 42.0 Å². The van der Waals surface area contributed by atoms with E-state index in [-0.39, 0.29) is 11.5 Å². The Morgan fingerprint density at radius 3 is 2.40 bits per heavy atom. The standard InChI is InChI=1S/C18H27NO/c1-5-19-17(16-8-6-7-13-20-16)14-9-11-15(12-10-14)18(2,3)4/h8-12,17,19H,5-7,13H2,1-4H3. The molecule has 0 amide bonds. The van der Waals surface area contributed by atoms with Crippen LogP contribution in [-0.4, -0.2) is 13.2 Å². The van der Waals surface area contributed by atoms with Crippen molar-refractivity contribution < 1.29 is 4.74 Å². The Hall–Kier alpha value is -1.28. The molecule has 0 radical (unpaired) electrons. The van der Waals surface area contributed by atoms with Gasteiger partial charge in [0.1, 0.15) is 5.76 Å². The molecule has 0 bridgehead atoms. The van der Waals surface area contributed by atoms with E-state index in [4.69, 9.17) is 4.74 Å². The van der Waals surface area contributed by atoms with E-state index in [1.807, 2.05) is 0 Å². The fourth-order valence-corrected chi connectivity index (χ4v) is 2.54. The minimum absolute atomic E-state index is 0.189. The molecule has 0 fully saturated rings. The predicted molar refractivity (Wildman–Crippen MR) is 84.8 cm³/mol. The van der Waals surface area contributed by atoms with Gasteiger partial charge >= 0.3 is 0 Å². The Morgan fingerprint density at radius 1 is 1.20 bits per heavy atom. The Labute approximate surface area is 123 Å². The lowest BCUT2D eigenvalue weighted by molar-refractivity contribution is 0.168. The van der Waals surface area contributed by atoms with Gasteiger partial charge in [-0.15, -0.1) is 0 Å². The second-order valence-electron chi connectivity index (χ2n) is 6.46. The zero-order chi connectivity index (χ0) is 14.6. The molecule has 1 unspecified atom stereocenters. The second-order valence-corrected chi connectivity index (χ2v) is 6.46. The molecular formula is C18H27NO. The molecular weight excluding hydrogens is 246 g/mol. The fraction of sp³-hybridized carbons (Fsp3) is 0.556. The smallest absolute Gasteiger partial charge is 0.113 e. The predicted octanol–water partition coefficient (Wildman–Crippen LogP) is 4.33. The molecule has 0 aliphatic carbocycles. The molecule has 2 nitrogen and oxygen atoms in total. The van der Waals surface area contributed by atoms with E-state index in [1.54, 1.807) is 0 Å². The van der Waals surface area contributed by atoms with E-state index >= 15 is 0 Å². The number of hydrogen-bond acceptors (Lipinski definition) is 2. The highest BCUT2D eigenvalue weighted by Crippen LogP contribution is 2.28. The number of likely N-dealkylation sites (N-methyl/N-ethyl adjacent to an activating group) is 1. The molecule has 2 rings (SSSR count). The Bertz CT molecular complexity index is 453. The van der Waals surface area contributed by atoms with Gasteiger partial charge in [-0.25, -0.2) is 0 Å². The summed E-state index contributed by atoms with van der Waals surface area (Å²) in [6, 6.07) is 9.13. The number of nitrogens with one attached hydrogen (secondary N) is 1. The normalized spacial score (nSPS) is 17.3. The molecule has 1 atom stereocenters. The van der Waals surface area contributed by atoms with Crippen LogP contribution < -0.4 is 5.32 Å². The van der Waals surface area contributed by atoms with E-state index in [9.17, 15) is 0 Å². The molecule has 1 N–H and O–H groups in total. The van der Waals surface area contributed by atoms with Crippen molar-refractivity contribution in [1.29, 1.82) is 0 Å². The molecule has 1 heterocycles. The van der Waals surface area contributed by atoms with Crippen LogP contribution in [0.5, 0.6) is 0 Å². The highest BCUT2D eigenvalue weighted by Gasteiger charge is 2.20. The molecule has 1 aliphatic rings. The molecule has 0 spiro atoms. The second kappa shape index (κ2) is 6.45. The molecule has 2 heteroatoms. The largest absolute Gasteiger partial charge is 0.496 e. The Balaban J connectivity index is 2.23. The molecule has 1 aromatic carbocycles. The highest BCUT2D eigenvalue weighted by molar-refractivity contribution is 5.32. The van der Waals surface area contributed by atoms with Gasteiger partial charge in [0.15, 0.2) is 0 Å². The maximum atomic E-state index is 5.84. The molecule has 20 heavy (non-hydrogen) atoms. The lowest BCUT2D eigenvalue weighted by Gasteiger charge is -2.26. The summed E-state index contributed by atoms with van der Waals surface area (Å²) in [5.74, 6) is 1.08. The minimum atomic E-state index is 0.189. The van der Waals surface area contributed by atoms with Crippen molar-refractivity contribution in [3.63, 3.8) is 0 Å². The Morgan fingerprint density at radius 2 is 1.90 bits per heavy atom. The minimum Gasteiger partial charge on any atom is -0.496 e. The van der Waals surface area contributed by atoms with Gasteiger partial charge < -0.3 is 10.1 Å². The summed E-state index contributed by atoms with van der Waals surface area (Å²) < 4.78 is 5.84. The monoisotopic (exact) mass is 273 g/mol. The van der Waals surface area contributed by atoms with Crippen molar-refractivity contribution in [3.8, 4) is 0 Å². The van der Waals surface area contributed by atoms with Gasteiger partial charge in [0.2, 0.25) is 0 Å². The summed E-state index contributed by atoms with van der Waals surface area (Å²) in [5, 5.41) is 3.53. The first-order valence-corrected chi connectivity index (χ1v) is 7.69. The van der Waals surface area contributed by atoms with Crippen LogP contribution in [0.15, 0.2) is 36.1 Å². The molecule has 0 saturated heterocycles. The zero-order valence-corrected chi connectivity index (χ0v) is 13.2. The Kier molecular flexibility index (Phi) is 4.87. The van der Waals surface area contributed by atoms with Gasteiger partial charge in [0.25, 0.3) is 0 Å². The lowest BCUT2D eigenvalue weighted by atomic mass is 9.86. The summed E-state index contributed by atoms with van der Waals surface area (Å²) in [4.78, 5) is 0. The van der Waals surface area contributed by atoms with Crippen LogP contribution in [0.2, 0.25) is 0 Å². The summed E-state index contributed by atoms with van der Waals surface area (Å²) in [6.45, 7) is 10.7. The third-order valence-corrected chi connectivity index (χ3v) is 3.77. The number of benzene rings is 1. The van der Waals surface area contributed by atoms with Crippen molar-refractivity contribution >= 4 is 0 Å². The molecule has 1 aliphatic heterocycles. The molecule has 1 aromatic rings. The number of allylic oxidation sites excluding steroid dienone is 1. The van der Waals surface area contributed by atoms with E-state index in [2.05, 4.69) is 63.4 Å². The van der Waals surface area contributed by atoms with E-state index in [1.165, 1.54) is 11.1 Å². The summed E-state index contributed by atoms with van der Waals surface area (Å²) in [7, 11) is 0. The van der Waals surface area contributed by atoms with Crippen molar-refractivity contribution in [2.45, 2.75) is 52.0 Å². The first-order valence-electron chi connectivity index (χ1n) is 7.69. The van der Waals surface area contributed by atoms with Gasteiger partial charge in [0.05, 0.1) is 12.6 Å². The first-order chi connectivity index (χ1) is 9.52. The van der Waals surface area contributed by atoms with Gasteiger partial charge in [-0.3, -0.25) is 0 Å². The van der Waals surface area contributed by atoms with Crippen LogP contribution in [0.4, 0.5) is 0 Å². The zero-order valence-electron chi connectivity index (χ0n) is 13.2. The molecule has 0 saturated carbocycles. The number of hydrogen-bond donors (Lipinski definition) is 1. The van der Waals surface area contributed by atoms with E-state index < -0.39 is 0 Å². The van der Waals surface area contributed by atoms with Gasteiger partial charge in [-0.2, -0.15) is 0 Å². The van der Waals surface area contributed by atoms with Crippen molar-refractivity contribution in [2.75, 3.05) is 13.2 Å². The van der Waals surface area contributed by atoms with Crippen LogP contribution in [-0.2, 0) is 10.2 Å². The first kappa shape index (κ1) is 15.1. The van der Waals surface area contributed by atoms with Crippen LogP contribution in [0.1, 0.15) is 57.7 Å². The lowest BCUT2D eigenvalue weighted by Crippen LogP contribution is -2.25. The topological polar surface area (TPSA) is 21.3 Å². The van der Waals surface area contributed by atoms with Crippen LogP contribution in [0, 0.1) is 0 Å². The SMILES string of the molecule is CCNC(C1=CCCCO1)c1ccc(C(C)(C)C)cc1. The maximum absolute atomic E-state index is 5.84. The third kappa shape index (κ3) is 3.63. The average molecular weight is 273 g/mol. The van der Waals surface area contributed by atoms with Crippen LogP contribution in [0.3, 0.4) is 0 Å². The summed E-state index contributed by atoms with van der Waals surface area (Å²) in [6.07, 6.45) is 4.48.